The van der Waals surface area contributed by atoms with E-state index in [4.69, 9.17) is 15.2 Å². The van der Waals surface area contributed by atoms with Crippen molar-refractivity contribution in [3.05, 3.63) is 35.9 Å². The van der Waals surface area contributed by atoms with Gasteiger partial charge in [0.2, 0.25) is 12.3 Å². The van der Waals surface area contributed by atoms with Gasteiger partial charge in [0.15, 0.2) is 5.82 Å². The number of carbonyl (C=O) groups is 1. The quantitative estimate of drug-likeness (QED) is 0.470. The summed E-state index contributed by atoms with van der Waals surface area (Å²) in [6, 6.07) is 3.15. The molecular formula is C23H22F3N5O3. The number of nitrogen functional groups attached to an aromatic ring is 1. The van der Waals surface area contributed by atoms with Crippen LogP contribution in [-0.4, -0.2) is 41.7 Å². The molecule has 1 saturated carbocycles. The molecule has 5 rings (SSSR count). The Morgan fingerprint density at radius 1 is 1.26 bits per heavy atom. The van der Waals surface area contributed by atoms with Gasteiger partial charge in [-0.2, -0.15) is 0 Å². The van der Waals surface area contributed by atoms with E-state index in [1.54, 1.807) is 12.1 Å². The molecule has 1 aromatic carbocycles. The normalized spacial score (nSPS) is 19.1. The molecule has 11 heteroatoms. The monoisotopic (exact) mass is 473 g/mol. The summed E-state index contributed by atoms with van der Waals surface area (Å²) in [5, 5.41) is 6.63. The number of hydrogen-bond acceptors (Lipinski definition) is 7. The molecule has 0 spiro atoms. The number of carbonyl (C=O) groups excluding carboxylic acids is 1. The van der Waals surface area contributed by atoms with Crippen molar-refractivity contribution in [2.45, 2.75) is 32.3 Å². The lowest BCUT2D eigenvalue weighted by molar-refractivity contribution is -0.0478. The molecule has 0 atom stereocenters. The van der Waals surface area contributed by atoms with E-state index in [0.717, 1.165) is 5.56 Å². The zero-order chi connectivity index (χ0) is 24.0. The zero-order valence-corrected chi connectivity index (χ0v) is 18.2. The van der Waals surface area contributed by atoms with E-state index in [1.807, 2.05) is 6.92 Å². The Kier molecular flexibility index (Phi) is 5.54. The summed E-state index contributed by atoms with van der Waals surface area (Å²) < 4.78 is 51.1. The number of rotatable bonds is 4. The smallest absolute Gasteiger partial charge is 0.413 e. The predicted octanol–water partition coefficient (Wildman–Crippen LogP) is 4.72. The second-order valence-corrected chi connectivity index (χ2v) is 8.41. The maximum absolute atomic E-state index is 15.2. The van der Waals surface area contributed by atoms with Crippen LogP contribution < -0.4 is 21.1 Å². The van der Waals surface area contributed by atoms with Gasteiger partial charge in [-0.15, -0.1) is 0 Å². The van der Waals surface area contributed by atoms with Crippen molar-refractivity contribution in [1.29, 1.82) is 0 Å². The summed E-state index contributed by atoms with van der Waals surface area (Å²) in [4.78, 5) is 20.5. The fourth-order valence-electron chi connectivity index (χ4n) is 4.25. The summed E-state index contributed by atoms with van der Waals surface area (Å²) in [5.74, 6) is -0.720. The fraction of sp³-hybridized carbons (Fsp3) is 0.348. The molecule has 3 aromatic rings. The highest BCUT2D eigenvalue weighted by Crippen LogP contribution is 2.40. The van der Waals surface area contributed by atoms with Crippen LogP contribution in [0.3, 0.4) is 0 Å². The Balaban J connectivity index is 1.42. The Bertz CT molecular complexity index is 1280. The fourth-order valence-corrected chi connectivity index (χ4v) is 4.25. The first kappa shape index (κ1) is 22.1. The van der Waals surface area contributed by atoms with Crippen LogP contribution in [0.25, 0.3) is 21.9 Å². The highest BCUT2D eigenvalue weighted by atomic mass is 19.3. The van der Waals surface area contributed by atoms with Gasteiger partial charge in [-0.1, -0.05) is 0 Å². The van der Waals surface area contributed by atoms with E-state index in [-0.39, 0.29) is 29.9 Å². The number of nitrogens with zero attached hydrogens (tertiary/aromatic N) is 2. The minimum absolute atomic E-state index is 0.0806. The zero-order valence-electron chi connectivity index (χ0n) is 18.2. The van der Waals surface area contributed by atoms with Crippen molar-refractivity contribution >= 4 is 34.1 Å². The highest BCUT2D eigenvalue weighted by molar-refractivity contribution is 5.99. The minimum atomic E-state index is -2.41. The molecule has 0 bridgehead atoms. The molecule has 1 aliphatic heterocycles. The van der Waals surface area contributed by atoms with Crippen molar-refractivity contribution in [1.82, 2.24) is 9.97 Å². The van der Waals surface area contributed by atoms with Gasteiger partial charge in [0.05, 0.1) is 5.69 Å². The number of aromatic nitrogens is 2. The van der Waals surface area contributed by atoms with Gasteiger partial charge in [0.1, 0.15) is 24.2 Å². The number of nitrogens with two attached hydrogens (primary N) is 1. The molecule has 1 fully saturated rings. The summed E-state index contributed by atoms with van der Waals surface area (Å²) in [7, 11) is 0. The average molecular weight is 473 g/mol. The third-order valence-electron chi connectivity index (χ3n) is 6.23. The standard InChI is InChI=1S/C23H22F3N5O3/c1-10-15(8-30-22-20(10)28-2-3-33-22)14-6-11-7-17(29-9-16(11)19(27)18(14)24)31-23(32)34-13-4-12(5-13)21(25)26/h6-9,12-13,21,28H,2-5,27H2,1H3,(H,29,31,32)/t12-,13+. The topological polar surface area (TPSA) is 111 Å². The molecular weight excluding hydrogens is 451 g/mol. The largest absolute Gasteiger partial charge is 0.474 e. The first-order valence-corrected chi connectivity index (χ1v) is 10.8. The molecule has 4 N–H and O–H groups in total. The van der Waals surface area contributed by atoms with Gasteiger partial charge in [-0.05, 0) is 42.8 Å². The Hall–Kier alpha value is -3.76. The molecule has 178 valence electrons. The van der Waals surface area contributed by atoms with Crippen LogP contribution >= 0.6 is 0 Å². The molecule has 2 aromatic heterocycles. The van der Waals surface area contributed by atoms with E-state index >= 15 is 4.39 Å². The van der Waals surface area contributed by atoms with E-state index in [1.165, 1.54) is 12.4 Å². The van der Waals surface area contributed by atoms with E-state index in [2.05, 4.69) is 20.6 Å². The number of halogens is 3. The molecule has 0 saturated heterocycles. The van der Waals surface area contributed by atoms with Crippen LogP contribution in [0.15, 0.2) is 24.5 Å². The number of alkyl halides is 2. The van der Waals surface area contributed by atoms with Crippen LogP contribution in [0.5, 0.6) is 5.88 Å². The molecule has 0 unspecified atom stereocenters. The van der Waals surface area contributed by atoms with E-state index < -0.39 is 30.4 Å². The summed E-state index contributed by atoms with van der Waals surface area (Å²) in [6.07, 6.45) is -0.604. The number of ether oxygens (including phenoxy) is 2. The lowest BCUT2D eigenvalue weighted by Gasteiger charge is -2.33. The highest BCUT2D eigenvalue weighted by Gasteiger charge is 2.38. The third kappa shape index (κ3) is 3.91. The summed E-state index contributed by atoms with van der Waals surface area (Å²) in [5.41, 5.74) is 8.26. The molecule has 0 radical (unpaired) electrons. The first-order chi connectivity index (χ1) is 16.3. The van der Waals surface area contributed by atoms with Crippen molar-refractivity contribution in [3.63, 3.8) is 0 Å². The van der Waals surface area contributed by atoms with Crippen molar-refractivity contribution in [3.8, 4) is 17.0 Å². The van der Waals surface area contributed by atoms with Crippen molar-refractivity contribution < 1.29 is 27.4 Å². The van der Waals surface area contributed by atoms with Crippen LogP contribution in [0.4, 0.5) is 35.2 Å². The molecule has 8 nitrogen and oxygen atoms in total. The third-order valence-corrected chi connectivity index (χ3v) is 6.23. The van der Waals surface area contributed by atoms with E-state index in [0.29, 0.717) is 41.1 Å². The van der Waals surface area contributed by atoms with Gasteiger partial charge >= 0.3 is 6.09 Å². The van der Waals surface area contributed by atoms with Crippen molar-refractivity contribution in [2.75, 3.05) is 29.5 Å². The molecule has 3 heterocycles. The SMILES string of the molecule is Cc1c(-c2cc3cc(NC(=O)O[C@H]4C[C@@H](C(F)F)C4)ncc3c(N)c2F)cnc2c1NCCO2. The maximum Gasteiger partial charge on any atom is 0.413 e. The number of fused-ring (bicyclic) bond motifs is 2. The Labute approximate surface area is 192 Å². The number of nitrogens with one attached hydrogen (secondary N) is 2. The molecule has 1 aliphatic carbocycles. The van der Waals surface area contributed by atoms with Crippen LogP contribution in [-0.2, 0) is 4.74 Å². The molecule has 2 aliphatic rings. The van der Waals surface area contributed by atoms with Gasteiger partial charge in [-0.25, -0.2) is 27.9 Å². The number of hydrogen-bond donors (Lipinski definition) is 3. The predicted molar refractivity (Wildman–Crippen MR) is 121 cm³/mol. The Morgan fingerprint density at radius 3 is 2.82 bits per heavy atom. The lowest BCUT2D eigenvalue weighted by atomic mass is 9.83. The van der Waals surface area contributed by atoms with E-state index in [9.17, 15) is 13.6 Å². The second kappa shape index (κ2) is 8.54. The Morgan fingerprint density at radius 2 is 2.06 bits per heavy atom. The first-order valence-electron chi connectivity index (χ1n) is 10.8. The van der Waals surface area contributed by atoms with Gasteiger partial charge in [0.25, 0.3) is 0 Å². The van der Waals surface area contributed by atoms with Gasteiger partial charge in [-0.3, -0.25) is 5.32 Å². The molecule has 34 heavy (non-hydrogen) atoms. The lowest BCUT2D eigenvalue weighted by Crippen LogP contribution is -2.38. The minimum Gasteiger partial charge on any atom is -0.474 e. The summed E-state index contributed by atoms with van der Waals surface area (Å²) >= 11 is 0. The average Bonchev–Trinajstić information content (AvgIpc) is 2.79. The van der Waals surface area contributed by atoms with Crippen LogP contribution in [0.1, 0.15) is 18.4 Å². The van der Waals surface area contributed by atoms with Crippen LogP contribution in [0.2, 0.25) is 0 Å². The maximum atomic E-state index is 15.2. The van der Waals surface area contributed by atoms with Gasteiger partial charge in [0, 0.05) is 41.4 Å². The number of amides is 1. The number of benzene rings is 1. The number of anilines is 3. The summed E-state index contributed by atoms with van der Waals surface area (Å²) in [6.45, 7) is 2.95. The molecule has 1 amide bonds. The van der Waals surface area contributed by atoms with Gasteiger partial charge < -0.3 is 20.5 Å². The second-order valence-electron chi connectivity index (χ2n) is 8.41. The van der Waals surface area contributed by atoms with Crippen molar-refractivity contribution in [2.24, 2.45) is 5.92 Å². The van der Waals surface area contributed by atoms with Crippen LogP contribution in [0, 0.1) is 18.7 Å². The number of pyridine rings is 2.